The summed E-state index contributed by atoms with van der Waals surface area (Å²) in [6.07, 6.45) is 2.04. The second kappa shape index (κ2) is 6.01. The van der Waals surface area contributed by atoms with Crippen molar-refractivity contribution < 1.29 is 4.79 Å². The molecule has 1 aromatic carbocycles. The normalized spacial score (nSPS) is 13.3. The van der Waals surface area contributed by atoms with Crippen molar-refractivity contribution in [2.24, 2.45) is 11.5 Å². The summed E-state index contributed by atoms with van der Waals surface area (Å²) in [6.45, 7) is 6.65. The van der Waals surface area contributed by atoms with Crippen LogP contribution in [0, 0.1) is 0 Å². The summed E-state index contributed by atoms with van der Waals surface area (Å²) in [5.41, 5.74) is 13.7. The van der Waals surface area contributed by atoms with Gasteiger partial charge in [0.15, 0.2) is 0 Å². The molecule has 0 bridgehead atoms. The molecular weight excluding hydrogens is 224 g/mol. The zero-order chi connectivity index (χ0) is 13.8. The lowest BCUT2D eigenvalue weighted by atomic mass is 9.81. The summed E-state index contributed by atoms with van der Waals surface area (Å²) in [7, 11) is 0. The van der Waals surface area contributed by atoms with Crippen molar-refractivity contribution in [3.8, 4) is 0 Å². The van der Waals surface area contributed by atoms with Gasteiger partial charge in [0.25, 0.3) is 0 Å². The fourth-order valence-electron chi connectivity index (χ4n) is 1.85. The van der Waals surface area contributed by atoms with Gasteiger partial charge in [-0.15, -0.1) is 0 Å². The fraction of sp³-hybridized carbons (Fsp3) is 0.533. The average Bonchev–Trinajstić information content (AvgIpc) is 2.36. The van der Waals surface area contributed by atoms with E-state index >= 15 is 0 Å². The highest BCUT2D eigenvalue weighted by molar-refractivity contribution is 5.73. The second-order valence-corrected chi connectivity index (χ2v) is 5.47. The van der Waals surface area contributed by atoms with Gasteiger partial charge < -0.3 is 11.5 Å². The average molecular weight is 248 g/mol. The van der Waals surface area contributed by atoms with Crippen LogP contribution in [0.4, 0.5) is 0 Å². The van der Waals surface area contributed by atoms with E-state index in [9.17, 15) is 4.79 Å². The number of rotatable bonds is 6. The molecule has 0 aliphatic heterocycles. The van der Waals surface area contributed by atoms with Crippen molar-refractivity contribution in [3.63, 3.8) is 0 Å². The van der Waals surface area contributed by atoms with Crippen molar-refractivity contribution in [2.75, 3.05) is 0 Å². The fourth-order valence-corrected chi connectivity index (χ4v) is 1.85. The Kier molecular flexibility index (Phi) is 4.91. The van der Waals surface area contributed by atoms with Crippen LogP contribution in [0.2, 0.25) is 0 Å². The van der Waals surface area contributed by atoms with Gasteiger partial charge in [0.1, 0.15) is 0 Å². The Morgan fingerprint density at radius 3 is 2.28 bits per heavy atom. The number of benzene rings is 1. The monoisotopic (exact) mass is 248 g/mol. The number of amides is 1. The predicted molar refractivity (Wildman–Crippen MR) is 75.1 cm³/mol. The first-order valence-corrected chi connectivity index (χ1v) is 6.51. The van der Waals surface area contributed by atoms with E-state index in [-0.39, 0.29) is 17.4 Å². The lowest BCUT2D eigenvalue weighted by Gasteiger charge is -2.24. The molecule has 0 saturated heterocycles. The maximum Gasteiger partial charge on any atom is 0.217 e. The van der Waals surface area contributed by atoms with Crippen LogP contribution < -0.4 is 11.5 Å². The minimum atomic E-state index is -0.297. The first-order chi connectivity index (χ1) is 8.36. The molecule has 1 unspecified atom stereocenters. The third kappa shape index (κ3) is 3.84. The van der Waals surface area contributed by atoms with Crippen LogP contribution in [-0.2, 0) is 10.2 Å². The SMILES string of the molecule is CCC(C)(C)c1ccc(C(N)CCC(N)=O)cc1. The van der Waals surface area contributed by atoms with Crippen molar-refractivity contribution in [2.45, 2.75) is 51.5 Å². The highest BCUT2D eigenvalue weighted by Gasteiger charge is 2.18. The second-order valence-electron chi connectivity index (χ2n) is 5.47. The number of carbonyl (C=O) groups excluding carboxylic acids is 1. The standard InChI is InChI=1S/C15H24N2O/c1-4-15(2,3)12-7-5-11(6-8-12)13(16)9-10-14(17)18/h5-8,13H,4,9-10,16H2,1-3H3,(H2,17,18). The van der Waals surface area contributed by atoms with Crippen molar-refractivity contribution in [3.05, 3.63) is 35.4 Å². The van der Waals surface area contributed by atoms with Crippen LogP contribution in [0.5, 0.6) is 0 Å². The summed E-state index contributed by atoms with van der Waals surface area (Å²) in [6, 6.07) is 8.25. The van der Waals surface area contributed by atoms with E-state index in [4.69, 9.17) is 11.5 Å². The van der Waals surface area contributed by atoms with Crippen LogP contribution in [-0.4, -0.2) is 5.91 Å². The van der Waals surface area contributed by atoms with Crippen LogP contribution in [0.1, 0.15) is 57.2 Å². The van der Waals surface area contributed by atoms with E-state index in [0.717, 1.165) is 12.0 Å². The third-order valence-corrected chi connectivity index (χ3v) is 3.71. The first kappa shape index (κ1) is 14.7. The Bertz CT molecular complexity index is 395. The van der Waals surface area contributed by atoms with Gasteiger partial charge in [-0.25, -0.2) is 0 Å². The Morgan fingerprint density at radius 1 is 1.28 bits per heavy atom. The van der Waals surface area contributed by atoms with E-state index in [1.54, 1.807) is 0 Å². The molecule has 4 N–H and O–H groups in total. The van der Waals surface area contributed by atoms with Gasteiger partial charge in [0, 0.05) is 12.5 Å². The molecule has 1 aromatic rings. The molecule has 3 heteroatoms. The summed E-state index contributed by atoms with van der Waals surface area (Å²) in [4.78, 5) is 10.7. The molecule has 1 amide bonds. The lowest BCUT2D eigenvalue weighted by molar-refractivity contribution is -0.118. The summed E-state index contributed by atoms with van der Waals surface area (Å²) in [5.74, 6) is -0.297. The minimum absolute atomic E-state index is 0.115. The van der Waals surface area contributed by atoms with Gasteiger partial charge in [-0.3, -0.25) is 4.79 Å². The third-order valence-electron chi connectivity index (χ3n) is 3.71. The predicted octanol–water partition coefficient (Wildman–Crippen LogP) is 2.64. The van der Waals surface area contributed by atoms with E-state index in [2.05, 4.69) is 45.0 Å². The maximum atomic E-state index is 10.7. The summed E-state index contributed by atoms with van der Waals surface area (Å²) in [5, 5.41) is 0. The molecular formula is C15H24N2O. The van der Waals surface area contributed by atoms with Gasteiger partial charge >= 0.3 is 0 Å². The molecule has 0 aromatic heterocycles. The first-order valence-electron chi connectivity index (χ1n) is 6.51. The van der Waals surface area contributed by atoms with E-state index in [1.807, 2.05) is 0 Å². The minimum Gasteiger partial charge on any atom is -0.370 e. The van der Waals surface area contributed by atoms with E-state index in [0.29, 0.717) is 12.8 Å². The molecule has 1 rings (SSSR count). The Balaban J connectivity index is 2.73. The van der Waals surface area contributed by atoms with Crippen molar-refractivity contribution in [1.29, 1.82) is 0 Å². The van der Waals surface area contributed by atoms with Gasteiger partial charge in [0.05, 0.1) is 0 Å². The van der Waals surface area contributed by atoms with Crippen molar-refractivity contribution >= 4 is 5.91 Å². The molecule has 0 saturated carbocycles. The number of carbonyl (C=O) groups is 1. The van der Waals surface area contributed by atoms with Gasteiger partial charge in [-0.1, -0.05) is 45.0 Å². The number of hydrogen-bond donors (Lipinski definition) is 2. The largest absolute Gasteiger partial charge is 0.370 e. The zero-order valence-corrected chi connectivity index (χ0v) is 11.6. The molecule has 0 fully saturated rings. The molecule has 18 heavy (non-hydrogen) atoms. The van der Waals surface area contributed by atoms with Crippen LogP contribution in [0.25, 0.3) is 0 Å². The maximum absolute atomic E-state index is 10.7. The smallest absolute Gasteiger partial charge is 0.217 e. The molecule has 0 spiro atoms. The number of nitrogens with two attached hydrogens (primary N) is 2. The topological polar surface area (TPSA) is 69.1 Å². The Labute approximate surface area is 110 Å². The lowest BCUT2D eigenvalue weighted by Crippen LogP contribution is -2.18. The molecule has 1 atom stereocenters. The molecule has 100 valence electrons. The summed E-state index contributed by atoms with van der Waals surface area (Å²) < 4.78 is 0. The van der Waals surface area contributed by atoms with E-state index < -0.39 is 0 Å². The highest BCUT2D eigenvalue weighted by atomic mass is 16.1. The molecule has 0 radical (unpaired) electrons. The molecule has 0 aliphatic carbocycles. The Morgan fingerprint density at radius 2 is 1.83 bits per heavy atom. The number of primary amides is 1. The molecule has 0 aliphatic rings. The van der Waals surface area contributed by atoms with Gasteiger partial charge in [-0.2, -0.15) is 0 Å². The van der Waals surface area contributed by atoms with Gasteiger partial charge in [-0.05, 0) is 29.4 Å². The molecule has 0 heterocycles. The quantitative estimate of drug-likeness (QED) is 0.812. The van der Waals surface area contributed by atoms with Gasteiger partial charge in [0.2, 0.25) is 5.91 Å². The van der Waals surface area contributed by atoms with Crippen LogP contribution in [0.15, 0.2) is 24.3 Å². The van der Waals surface area contributed by atoms with Crippen LogP contribution in [0.3, 0.4) is 0 Å². The zero-order valence-electron chi connectivity index (χ0n) is 11.6. The number of hydrogen-bond acceptors (Lipinski definition) is 2. The molecule has 3 nitrogen and oxygen atoms in total. The van der Waals surface area contributed by atoms with Crippen LogP contribution >= 0.6 is 0 Å². The highest BCUT2D eigenvalue weighted by Crippen LogP contribution is 2.27. The Hall–Kier alpha value is -1.35. The van der Waals surface area contributed by atoms with Crippen molar-refractivity contribution in [1.82, 2.24) is 0 Å². The van der Waals surface area contributed by atoms with E-state index in [1.165, 1.54) is 5.56 Å². The summed E-state index contributed by atoms with van der Waals surface area (Å²) >= 11 is 0.